The molecule has 42 heavy (non-hydrogen) atoms. The number of ether oxygens (including phenoxy) is 2. The molecule has 2 fully saturated rings. The van der Waals surface area contributed by atoms with Crippen LogP contribution >= 0.6 is 27.7 Å². The number of rotatable bonds is 8. The molecule has 216 valence electrons. The Morgan fingerprint density at radius 1 is 1.10 bits per heavy atom. The van der Waals surface area contributed by atoms with Crippen molar-refractivity contribution < 1.29 is 24.5 Å². The molecule has 4 heterocycles. The molecule has 5 aromatic rings. The predicted octanol–water partition coefficient (Wildman–Crippen LogP) is 2.74. The standard InChI is InChI=1S/C27H25BrN8O5S/c28-26-33-34-27(36(26)17-8-7-14(13-5-6-13)15-3-1-2-4-16(15)17)42-10-19(37)40-9-18-21(38)22(39)25(41-18)35-12-32-20-23(29)30-11-31-24(20)35/h1-4,7-8,11-13,18,21-22,25,38-39H,5-6,9-10H2,(H2,29,30,31)/t18-,21+,22?,25-/m1/s1. The maximum atomic E-state index is 12.7. The van der Waals surface area contributed by atoms with E-state index >= 15 is 0 Å². The summed E-state index contributed by atoms with van der Waals surface area (Å²) in [6, 6.07) is 12.5. The van der Waals surface area contributed by atoms with Crippen molar-refractivity contribution in [2.75, 3.05) is 18.1 Å². The van der Waals surface area contributed by atoms with Crippen molar-refractivity contribution in [1.29, 1.82) is 0 Å². The highest BCUT2D eigenvalue weighted by atomic mass is 79.9. The van der Waals surface area contributed by atoms with Crippen molar-refractivity contribution in [1.82, 2.24) is 34.3 Å². The third-order valence-electron chi connectivity index (χ3n) is 7.51. The van der Waals surface area contributed by atoms with Gasteiger partial charge in [0, 0.05) is 5.39 Å². The lowest BCUT2D eigenvalue weighted by atomic mass is 9.99. The molecule has 1 aliphatic carbocycles. The Bertz CT molecular complexity index is 1810. The highest BCUT2D eigenvalue weighted by Gasteiger charge is 2.45. The minimum absolute atomic E-state index is 0.0552. The van der Waals surface area contributed by atoms with Crippen molar-refractivity contribution in [2.24, 2.45) is 0 Å². The molecule has 0 bridgehead atoms. The van der Waals surface area contributed by atoms with E-state index in [4.69, 9.17) is 15.2 Å². The second kappa shape index (κ2) is 10.9. The SMILES string of the molecule is Nc1ncnc2c1ncn2[C@@H]1O[C@H](COC(=O)CSc2nnc(Br)n2-c2ccc(C3CC3)c3ccccc23)[C@H](O)C1O. The fraction of sp³-hybridized carbons (Fsp3) is 0.333. The van der Waals surface area contributed by atoms with Gasteiger partial charge in [-0.15, -0.1) is 10.2 Å². The summed E-state index contributed by atoms with van der Waals surface area (Å²) in [5.74, 6) is 0.186. The fourth-order valence-electron chi connectivity index (χ4n) is 5.29. The van der Waals surface area contributed by atoms with Crippen molar-refractivity contribution in [3.8, 4) is 5.69 Å². The van der Waals surface area contributed by atoms with Crippen LogP contribution in [0.2, 0.25) is 0 Å². The van der Waals surface area contributed by atoms with Gasteiger partial charge in [0.05, 0.1) is 17.8 Å². The number of hydrogen-bond acceptors (Lipinski definition) is 12. The molecule has 7 rings (SSSR count). The molecule has 13 nitrogen and oxygen atoms in total. The van der Waals surface area contributed by atoms with Crippen LogP contribution in [0.15, 0.2) is 58.9 Å². The van der Waals surface area contributed by atoms with Crippen LogP contribution in [0.25, 0.3) is 27.6 Å². The van der Waals surface area contributed by atoms with Crippen LogP contribution in [0.3, 0.4) is 0 Å². The summed E-state index contributed by atoms with van der Waals surface area (Å²) in [6.07, 6.45) is 0.491. The summed E-state index contributed by atoms with van der Waals surface area (Å²) in [4.78, 5) is 24.9. The molecular weight excluding hydrogens is 628 g/mol. The fourth-order valence-corrected chi connectivity index (χ4v) is 6.59. The van der Waals surface area contributed by atoms with Gasteiger partial charge < -0.3 is 25.4 Å². The highest BCUT2D eigenvalue weighted by Crippen LogP contribution is 2.44. The number of carbonyl (C=O) groups excluding carboxylic acids is 1. The molecule has 15 heteroatoms. The Labute approximate surface area is 251 Å². The van der Waals surface area contributed by atoms with E-state index in [0.29, 0.717) is 27.0 Å². The Hall–Kier alpha value is -3.63. The highest BCUT2D eigenvalue weighted by molar-refractivity contribution is 9.10. The van der Waals surface area contributed by atoms with E-state index in [1.807, 2.05) is 16.7 Å². The largest absolute Gasteiger partial charge is 0.462 e. The minimum atomic E-state index is -1.31. The second-order valence-electron chi connectivity index (χ2n) is 10.2. The summed E-state index contributed by atoms with van der Waals surface area (Å²) in [5.41, 5.74) is 8.79. The maximum absolute atomic E-state index is 12.7. The predicted molar refractivity (Wildman–Crippen MR) is 156 cm³/mol. The number of imidazole rings is 1. The zero-order chi connectivity index (χ0) is 29.0. The smallest absolute Gasteiger partial charge is 0.316 e. The molecule has 0 spiro atoms. The number of nitrogens with two attached hydrogens (primary N) is 1. The Morgan fingerprint density at radius 2 is 1.90 bits per heavy atom. The van der Waals surface area contributed by atoms with Crippen LogP contribution in [0, 0.1) is 0 Å². The average Bonchev–Trinajstić information content (AvgIpc) is 3.55. The van der Waals surface area contributed by atoms with Crippen LogP contribution in [0.4, 0.5) is 5.82 Å². The summed E-state index contributed by atoms with van der Waals surface area (Å²) >= 11 is 4.69. The molecular formula is C27H25BrN8O5S. The average molecular weight is 654 g/mol. The lowest BCUT2D eigenvalue weighted by Gasteiger charge is -2.16. The number of hydrogen-bond donors (Lipinski definition) is 3. The van der Waals surface area contributed by atoms with Gasteiger partial charge in [-0.3, -0.25) is 13.9 Å². The van der Waals surface area contributed by atoms with Gasteiger partial charge in [0.2, 0.25) is 4.73 Å². The van der Waals surface area contributed by atoms with Crippen LogP contribution in [0.1, 0.15) is 30.6 Å². The van der Waals surface area contributed by atoms with E-state index in [1.54, 1.807) is 0 Å². The van der Waals surface area contributed by atoms with Gasteiger partial charge in [-0.25, -0.2) is 15.0 Å². The number of aromatic nitrogens is 7. The number of benzene rings is 2. The quantitative estimate of drug-likeness (QED) is 0.165. The summed E-state index contributed by atoms with van der Waals surface area (Å²) in [5, 5.41) is 32.5. The molecule has 2 aromatic carbocycles. The van der Waals surface area contributed by atoms with Crippen molar-refractivity contribution >= 4 is 61.4 Å². The molecule has 0 radical (unpaired) electrons. The second-order valence-corrected chi connectivity index (χ2v) is 11.8. The van der Waals surface area contributed by atoms with E-state index in [1.165, 1.54) is 52.8 Å². The first-order chi connectivity index (χ1) is 20.4. The molecule has 1 unspecified atom stereocenters. The molecule has 1 saturated heterocycles. The van der Waals surface area contributed by atoms with Gasteiger partial charge in [0.25, 0.3) is 0 Å². The summed E-state index contributed by atoms with van der Waals surface area (Å²) in [7, 11) is 0. The monoisotopic (exact) mass is 652 g/mol. The normalized spacial score (nSPS) is 22.3. The molecule has 4 N–H and O–H groups in total. The summed E-state index contributed by atoms with van der Waals surface area (Å²) < 4.78 is 15.1. The van der Waals surface area contributed by atoms with Crippen molar-refractivity contribution in [3.63, 3.8) is 0 Å². The van der Waals surface area contributed by atoms with Crippen molar-refractivity contribution in [3.05, 3.63) is 59.3 Å². The number of aliphatic hydroxyl groups excluding tert-OH is 2. The number of nitrogens with zero attached hydrogens (tertiary/aromatic N) is 7. The van der Waals surface area contributed by atoms with Gasteiger partial charge in [0.15, 0.2) is 22.8 Å². The molecule has 1 saturated carbocycles. The number of thioether (sulfide) groups is 1. The Morgan fingerprint density at radius 3 is 2.71 bits per heavy atom. The number of aliphatic hydroxyl groups is 2. The third kappa shape index (κ3) is 4.80. The number of esters is 1. The lowest BCUT2D eigenvalue weighted by molar-refractivity contribution is -0.146. The molecule has 1 aliphatic heterocycles. The van der Waals surface area contributed by atoms with Crippen LogP contribution in [0.5, 0.6) is 0 Å². The zero-order valence-corrected chi connectivity index (χ0v) is 24.3. The Kier molecular flexibility index (Phi) is 7.06. The maximum Gasteiger partial charge on any atom is 0.316 e. The van der Waals surface area contributed by atoms with E-state index in [2.05, 4.69) is 65.3 Å². The van der Waals surface area contributed by atoms with E-state index in [9.17, 15) is 15.0 Å². The molecule has 3 aromatic heterocycles. The third-order valence-corrected chi connectivity index (χ3v) is 8.93. The molecule has 0 amide bonds. The molecule has 4 atom stereocenters. The van der Waals surface area contributed by atoms with Gasteiger partial charge in [-0.1, -0.05) is 42.1 Å². The van der Waals surface area contributed by atoms with E-state index in [-0.39, 0.29) is 18.2 Å². The van der Waals surface area contributed by atoms with Gasteiger partial charge in [0.1, 0.15) is 36.8 Å². The number of carbonyl (C=O) groups is 1. The lowest BCUT2D eigenvalue weighted by Crippen LogP contribution is -2.34. The van der Waals surface area contributed by atoms with Crippen molar-refractivity contribution in [2.45, 2.75) is 48.5 Å². The van der Waals surface area contributed by atoms with E-state index < -0.39 is 30.5 Å². The molecule has 2 aliphatic rings. The van der Waals surface area contributed by atoms with E-state index in [0.717, 1.165) is 11.1 Å². The van der Waals surface area contributed by atoms with Gasteiger partial charge >= 0.3 is 5.97 Å². The van der Waals surface area contributed by atoms with Gasteiger partial charge in [-0.05, 0) is 51.7 Å². The summed E-state index contributed by atoms with van der Waals surface area (Å²) in [6.45, 7) is -0.262. The zero-order valence-electron chi connectivity index (χ0n) is 21.9. The number of nitrogen functional groups attached to an aromatic ring is 1. The number of halogens is 1. The van der Waals surface area contributed by atoms with Crippen LogP contribution in [-0.4, -0.2) is 81.1 Å². The van der Waals surface area contributed by atoms with Gasteiger partial charge in [-0.2, -0.15) is 0 Å². The van der Waals surface area contributed by atoms with Crippen LogP contribution in [-0.2, 0) is 14.3 Å². The minimum Gasteiger partial charge on any atom is -0.462 e. The first-order valence-electron chi connectivity index (χ1n) is 13.3. The Balaban J connectivity index is 1.02. The number of anilines is 1. The van der Waals surface area contributed by atoms with Crippen LogP contribution < -0.4 is 5.73 Å². The first-order valence-corrected chi connectivity index (χ1v) is 15.0. The topological polar surface area (TPSA) is 176 Å². The number of fused-ring (bicyclic) bond motifs is 2. The first kappa shape index (κ1) is 27.2.